The van der Waals surface area contributed by atoms with Gasteiger partial charge >= 0.3 is 11.9 Å². The number of nitrogens with zero attached hydrogens (tertiary/aromatic N) is 1. The van der Waals surface area contributed by atoms with E-state index in [1.54, 1.807) is 0 Å². The largest absolute Gasteiger partial charge is 0.464 e. The molecule has 6 nitrogen and oxygen atoms in total. The van der Waals surface area contributed by atoms with Crippen molar-refractivity contribution in [2.45, 2.75) is 43.9 Å². The zero-order valence-corrected chi connectivity index (χ0v) is 32.6. The molecule has 1 amide bonds. The first kappa shape index (κ1) is 33.7. The summed E-state index contributed by atoms with van der Waals surface area (Å²) in [5, 5.41) is 0. The standard InChI is InChI=1S/C38H31Br4NO5/c1-21(44)47-19-38(20-48-22(2)45)33-17-26(41)5-8-30(33)36-23(13-27(42)18-34(36)38)14-35(46)43-11-9-37(10-12-43)31-15-24(39)3-6-28(31)29-7-4-25(40)16-32(29)37/h3-8,13,15-18H,9-12,14,19-20H2,1-2H3. The van der Waals surface area contributed by atoms with Crippen LogP contribution in [-0.2, 0) is 41.1 Å². The van der Waals surface area contributed by atoms with Gasteiger partial charge in [0, 0.05) is 50.2 Å². The van der Waals surface area contributed by atoms with Crippen LogP contribution < -0.4 is 0 Å². The number of benzene rings is 4. The fourth-order valence-corrected chi connectivity index (χ4v) is 9.56. The summed E-state index contributed by atoms with van der Waals surface area (Å²) in [6, 6.07) is 23.0. The molecule has 0 radical (unpaired) electrons. The van der Waals surface area contributed by atoms with E-state index < -0.39 is 17.4 Å². The molecule has 0 bridgehead atoms. The number of amides is 1. The van der Waals surface area contributed by atoms with Crippen LogP contribution in [-0.4, -0.2) is 49.0 Å². The number of piperidine rings is 1. The van der Waals surface area contributed by atoms with Crippen molar-refractivity contribution in [2.24, 2.45) is 0 Å². The van der Waals surface area contributed by atoms with Gasteiger partial charge in [-0.2, -0.15) is 0 Å². The van der Waals surface area contributed by atoms with Crippen molar-refractivity contribution in [2.75, 3.05) is 26.3 Å². The van der Waals surface area contributed by atoms with Crippen molar-refractivity contribution in [1.29, 1.82) is 0 Å². The van der Waals surface area contributed by atoms with Gasteiger partial charge in [-0.15, -0.1) is 0 Å². The van der Waals surface area contributed by atoms with Crippen LogP contribution in [0.3, 0.4) is 0 Å². The number of halogens is 4. The highest BCUT2D eigenvalue weighted by Gasteiger charge is 2.48. The van der Waals surface area contributed by atoms with E-state index in [9.17, 15) is 14.4 Å². The molecule has 2 aliphatic carbocycles. The third-order valence-electron chi connectivity index (χ3n) is 10.1. The normalized spacial score (nSPS) is 16.2. The number of esters is 2. The number of ether oxygens (including phenoxy) is 2. The summed E-state index contributed by atoms with van der Waals surface area (Å²) < 4.78 is 15.0. The Morgan fingerprint density at radius 1 is 0.646 bits per heavy atom. The fourth-order valence-electron chi connectivity index (χ4n) is 7.97. The highest BCUT2D eigenvalue weighted by atomic mass is 79.9. The van der Waals surface area contributed by atoms with E-state index in [2.05, 4.69) is 100 Å². The number of carbonyl (C=O) groups is 3. The van der Waals surface area contributed by atoms with E-state index in [1.807, 2.05) is 35.2 Å². The van der Waals surface area contributed by atoms with Crippen molar-refractivity contribution < 1.29 is 23.9 Å². The highest BCUT2D eigenvalue weighted by Crippen LogP contribution is 2.56. The van der Waals surface area contributed by atoms with Crippen LogP contribution in [0.4, 0.5) is 0 Å². The average molecular weight is 901 g/mol. The van der Waals surface area contributed by atoms with E-state index in [1.165, 1.54) is 36.1 Å². The van der Waals surface area contributed by atoms with Gasteiger partial charge in [-0.05, 0) is 111 Å². The lowest BCUT2D eigenvalue weighted by Gasteiger charge is -2.41. The lowest BCUT2D eigenvalue weighted by Crippen LogP contribution is -2.45. The lowest BCUT2D eigenvalue weighted by atomic mass is 9.71. The van der Waals surface area contributed by atoms with E-state index >= 15 is 0 Å². The van der Waals surface area contributed by atoms with Crippen molar-refractivity contribution in [3.05, 3.63) is 112 Å². The van der Waals surface area contributed by atoms with Crippen molar-refractivity contribution >= 4 is 81.6 Å². The van der Waals surface area contributed by atoms with E-state index in [-0.39, 0.29) is 31.0 Å². The van der Waals surface area contributed by atoms with Gasteiger partial charge in [0.05, 0.1) is 11.8 Å². The quantitative estimate of drug-likeness (QED) is 0.181. The summed E-state index contributed by atoms with van der Waals surface area (Å²) in [7, 11) is 0. The lowest BCUT2D eigenvalue weighted by molar-refractivity contribution is -0.146. The van der Waals surface area contributed by atoms with Crippen LogP contribution in [0.1, 0.15) is 54.5 Å². The molecule has 10 heteroatoms. The van der Waals surface area contributed by atoms with E-state index in [0.29, 0.717) is 13.1 Å². The van der Waals surface area contributed by atoms with E-state index in [0.717, 1.165) is 58.5 Å². The van der Waals surface area contributed by atoms with Crippen LogP contribution in [0.2, 0.25) is 0 Å². The summed E-state index contributed by atoms with van der Waals surface area (Å²) >= 11 is 14.7. The number of likely N-dealkylation sites (tertiary alicyclic amines) is 1. The summed E-state index contributed by atoms with van der Waals surface area (Å²) in [5.74, 6) is -0.798. The molecule has 1 spiro atoms. The molecule has 0 atom stereocenters. The molecule has 1 heterocycles. The second-order valence-corrected chi connectivity index (χ2v) is 16.5. The van der Waals surface area contributed by atoms with Crippen molar-refractivity contribution in [1.82, 2.24) is 4.90 Å². The second-order valence-electron chi connectivity index (χ2n) is 12.8. The zero-order chi connectivity index (χ0) is 34.0. The Balaban J connectivity index is 1.22. The van der Waals surface area contributed by atoms with Crippen molar-refractivity contribution in [3.8, 4) is 22.3 Å². The monoisotopic (exact) mass is 897 g/mol. The molecule has 4 aromatic carbocycles. The number of hydrogen-bond donors (Lipinski definition) is 0. The SMILES string of the molecule is CC(=O)OCC1(COC(C)=O)c2cc(Br)ccc2-c2c(CC(=O)N3CCC4(CC3)c3cc(Br)ccc3-c3ccc(Br)cc34)cc(Br)cc21. The van der Waals surface area contributed by atoms with Gasteiger partial charge < -0.3 is 14.4 Å². The molecule has 48 heavy (non-hydrogen) atoms. The smallest absolute Gasteiger partial charge is 0.302 e. The molecule has 4 aromatic rings. The highest BCUT2D eigenvalue weighted by molar-refractivity contribution is 9.11. The van der Waals surface area contributed by atoms with Gasteiger partial charge in [0.2, 0.25) is 5.91 Å². The third kappa shape index (κ3) is 5.70. The van der Waals surface area contributed by atoms with Crippen LogP contribution >= 0.6 is 63.7 Å². The molecule has 1 saturated heterocycles. The van der Waals surface area contributed by atoms with Gasteiger partial charge in [-0.25, -0.2) is 0 Å². The fraction of sp³-hybridized carbons (Fsp3) is 0.289. The van der Waals surface area contributed by atoms with Crippen LogP contribution in [0.25, 0.3) is 22.3 Å². The Morgan fingerprint density at radius 2 is 1.12 bits per heavy atom. The molecule has 7 rings (SSSR count). The minimum absolute atomic E-state index is 0.0146. The molecule has 3 aliphatic rings. The first-order valence-corrected chi connectivity index (χ1v) is 18.9. The molecule has 0 saturated carbocycles. The minimum atomic E-state index is -0.948. The van der Waals surface area contributed by atoms with Crippen LogP contribution in [0.15, 0.2) is 84.6 Å². The summed E-state index contributed by atoms with van der Waals surface area (Å²) in [5.41, 5.74) is 8.49. The predicted molar refractivity (Wildman–Crippen MR) is 199 cm³/mol. The Morgan fingerprint density at radius 3 is 1.65 bits per heavy atom. The molecule has 0 N–H and O–H groups in total. The summed E-state index contributed by atoms with van der Waals surface area (Å²) in [4.78, 5) is 40.4. The Bertz CT molecular complexity index is 1950. The first-order valence-electron chi connectivity index (χ1n) is 15.7. The van der Waals surface area contributed by atoms with E-state index in [4.69, 9.17) is 9.47 Å². The summed E-state index contributed by atoms with van der Waals surface area (Å²) in [6.45, 7) is 3.98. The van der Waals surface area contributed by atoms with Gasteiger partial charge in [-0.3, -0.25) is 14.4 Å². The number of fused-ring (bicyclic) bond motifs is 8. The maximum atomic E-state index is 14.2. The maximum absolute atomic E-state index is 14.2. The topological polar surface area (TPSA) is 72.9 Å². The Kier molecular flexibility index (Phi) is 9.01. The Labute approximate surface area is 313 Å². The number of rotatable bonds is 6. The Hall–Kier alpha value is -2.79. The maximum Gasteiger partial charge on any atom is 0.302 e. The molecular weight excluding hydrogens is 870 g/mol. The van der Waals surface area contributed by atoms with Crippen LogP contribution in [0, 0.1) is 0 Å². The van der Waals surface area contributed by atoms with Crippen LogP contribution in [0.5, 0.6) is 0 Å². The summed E-state index contributed by atoms with van der Waals surface area (Å²) in [6.07, 6.45) is 1.85. The first-order chi connectivity index (χ1) is 22.9. The molecule has 1 aliphatic heterocycles. The zero-order valence-electron chi connectivity index (χ0n) is 26.3. The van der Waals surface area contributed by atoms with Gasteiger partial charge in [0.1, 0.15) is 13.2 Å². The molecule has 0 aromatic heterocycles. The average Bonchev–Trinajstić information content (AvgIpc) is 3.45. The molecular formula is C38H31Br4NO5. The third-order valence-corrected chi connectivity index (χ3v) is 12.0. The van der Waals surface area contributed by atoms with Gasteiger partial charge in [0.25, 0.3) is 0 Å². The number of carbonyl (C=O) groups excluding carboxylic acids is 3. The number of hydrogen-bond acceptors (Lipinski definition) is 5. The second kappa shape index (κ2) is 12.8. The molecule has 1 fully saturated rings. The molecule has 0 unspecified atom stereocenters. The van der Waals surface area contributed by atoms with Gasteiger partial charge in [-0.1, -0.05) is 81.9 Å². The predicted octanol–water partition coefficient (Wildman–Crippen LogP) is 9.26. The molecule has 246 valence electrons. The minimum Gasteiger partial charge on any atom is -0.464 e. The van der Waals surface area contributed by atoms with Crippen molar-refractivity contribution in [3.63, 3.8) is 0 Å². The van der Waals surface area contributed by atoms with Gasteiger partial charge in [0.15, 0.2) is 0 Å².